The Hall–Kier alpha value is -2.74. The van der Waals surface area contributed by atoms with Crippen molar-refractivity contribution in [3.63, 3.8) is 0 Å². The van der Waals surface area contributed by atoms with Crippen molar-refractivity contribution < 1.29 is 19.2 Å². The highest BCUT2D eigenvalue weighted by Crippen LogP contribution is 2.36. The van der Waals surface area contributed by atoms with Crippen LogP contribution in [0.25, 0.3) is 0 Å². The van der Waals surface area contributed by atoms with Crippen LogP contribution in [0.4, 0.5) is 5.69 Å². The molecule has 3 fully saturated rings. The van der Waals surface area contributed by atoms with Crippen LogP contribution >= 0.6 is 0 Å². The third-order valence-electron chi connectivity index (χ3n) is 7.41. The number of amides is 2. The standard InChI is InChI=1S/C26H36N4O4/c1-15(2)12-20(28-25(33)17-8-10-18(11-9-17)29(3)4)26(34)30-21(24(32)16-6-5-7-16)13-19-23(30)22(31)14-27-19/h8-11,15-16,19-21,23,27H,5-7,12-14H2,1-4H3,(H,28,33)/t19?,20-,21?,23?/m0/s1. The number of hydrogen-bond acceptors (Lipinski definition) is 6. The first kappa shape index (κ1) is 24.4. The largest absolute Gasteiger partial charge is 0.378 e. The Balaban J connectivity index is 1.57. The Morgan fingerprint density at radius 3 is 2.38 bits per heavy atom. The summed E-state index contributed by atoms with van der Waals surface area (Å²) in [5.41, 5.74) is 1.44. The number of Topliss-reactive ketones (excluding diaryl/α,β-unsaturated/α-hetero) is 2. The van der Waals surface area contributed by atoms with E-state index in [4.69, 9.17) is 0 Å². The van der Waals surface area contributed by atoms with Crippen molar-refractivity contribution in [3.8, 4) is 0 Å². The van der Waals surface area contributed by atoms with E-state index in [9.17, 15) is 19.2 Å². The Kier molecular flexibility index (Phi) is 7.07. The van der Waals surface area contributed by atoms with E-state index in [1.54, 1.807) is 12.1 Å². The molecule has 0 bridgehead atoms. The number of carbonyl (C=O) groups is 4. The lowest BCUT2D eigenvalue weighted by Crippen LogP contribution is -2.57. The molecular formula is C26H36N4O4. The fraction of sp³-hybridized carbons (Fsp3) is 0.615. The SMILES string of the molecule is CC(C)C[C@H](NC(=O)c1ccc(N(C)C)cc1)C(=O)N1C(C(=O)C2CCC2)CC2NCC(=O)C21. The van der Waals surface area contributed by atoms with Gasteiger partial charge >= 0.3 is 0 Å². The summed E-state index contributed by atoms with van der Waals surface area (Å²) < 4.78 is 0. The molecule has 2 amide bonds. The van der Waals surface area contributed by atoms with Gasteiger partial charge in [-0.05, 0) is 55.9 Å². The maximum Gasteiger partial charge on any atom is 0.251 e. The molecule has 3 unspecified atom stereocenters. The second-order valence-electron chi connectivity index (χ2n) is 10.5. The molecule has 2 aliphatic heterocycles. The highest BCUT2D eigenvalue weighted by molar-refractivity contribution is 6.02. The van der Waals surface area contributed by atoms with Crippen LogP contribution in [0.2, 0.25) is 0 Å². The van der Waals surface area contributed by atoms with Crippen LogP contribution in [0.15, 0.2) is 24.3 Å². The first-order valence-corrected chi connectivity index (χ1v) is 12.4. The van der Waals surface area contributed by atoms with Crippen molar-refractivity contribution in [1.29, 1.82) is 0 Å². The van der Waals surface area contributed by atoms with Crippen molar-refractivity contribution in [3.05, 3.63) is 29.8 Å². The van der Waals surface area contributed by atoms with Crippen LogP contribution in [0.5, 0.6) is 0 Å². The molecule has 2 saturated heterocycles. The van der Waals surface area contributed by atoms with E-state index in [-0.39, 0.29) is 47.8 Å². The number of nitrogens with zero attached hydrogens (tertiary/aromatic N) is 2. The van der Waals surface area contributed by atoms with Crippen molar-refractivity contribution in [1.82, 2.24) is 15.5 Å². The van der Waals surface area contributed by atoms with Crippen LogP contribution in [0.1, 0.15) is 56.3 Å². The molecule has 1 aromatic carbocycles. The number of likely N-dealkylation sites (tertiary alicyclic amines) is 1. The van der Waals surface area contributed by atoms with Gasteiger partial charge in [-0.1, -0.05) is 20.3 Å². The number of rotatable bonds is 8. The maximum atomic E-state index is 13.9. The van der Waals surface area contributed by atoms with Gasteiger partial charge in [0.15, 0.2) is 11.6 Å². The molecule has 2 heterocycles. The van der Waals surface area contributed by atoms with E-state index in [1.165, 1.54) is 4.90 Å². The van der Waals surface area contributed by atoms with Crippen LogP contribution in [0.3, 0.4) is 0 Å². The number of anilines is 1. The molecule has 8 heteroatoms. The minimum atomic E-state index is -0.801. The smallest absolute Gasteiger partial charge is 0.251 e. The fourth-order valence-corrected chi connectivity index (χ4v) is 5.32. The molecule has 1 saturated carbocycles. The first-order valence-electron chi connectivity index (χ1n) is 12.4. The number of carbonyl (C=O) groups excluding carboxylic acids is 4. The van der Waals surface area contributed by atoms with Crippen LogP contribution in [-0.4, -0.2) is 73.1 Å². The second kappa shape index (κ2) is 9.86. The minimum absolute atomic E-state index is 0.0254. The van der Waals surface area contributed by atoms with Gasteiger partial charge in [0.2, 0.25) is 5.91 Å². The zero-order chi connectivity index (χ0) is 24.6. The van der Waals surface area contributed by atoms with E-state index in [0.29, 0.717) is 18.4 Å². The van der Waals surface area contributed by atoms with Gasteiger partial charge in [-0.2, -0.15) is 0 Å². The maximum absolute atomic E-state index is 13.9. The lowest BCUT2D eigenvalue weighted by Gasteiger charge is -2.35. The molecule has 4 rings (SSSR count). The average molecular weight is 469 g/mol. The highest BCUT2D eigenvalue weighted by Gasteiger charge is 2.54. The van der Waals surface area contributed by atoms with Gasteiger partial charge in [0.1, 0.15) is 12.1 Å². The van der Waals surface area contributed by atoms with E-state index in [1.807, 2.05) is 45.0 Å². The quantitative estimate of drug-likeness (QED) is 0.604. The van der Waals surface area contributed by atoms with Crippen molar-refractivity contribution in [2.24, 2.45) is 11.8 Å². The van der Waals surface area contributed by atoms with Crippen LogP contribution < -0.4 is 15.5 Å². The van der Waals surface area contributed by atoms with Gasteiger partial charge in [0.25, 0.3) is 5.91 Å². The number of nitrogens with one attached hydrogen (secondary N) is 2. The molecule has 1 aliphatic carbocycles. The lowest BCUT2D eigenvalue weighted by atomic mass is 9.79. The summed E-state index contributed by atoms with van der Waals surface area (Å²) >= 11 is 0. The Morgan fingerprint density at radius 1 is 1.15 bits per heavy atom. The molecule has 1 aromatic rings. The van der Waals surface area contributed by atoms with Crippen molar-refractivity contribution >= 4 is 29.1 Å². The monoisotopic (exact) mass is 468 g/mol. The number of ketones is 2. The summed E-state index contributed by atoms with van der Waals surface area (Å²) in [6.45, 7) is 4.19. The van der Waals surface area contributed by atoms with Gasteiger partial charge < -0.3 is 20.4 Å². The predicted octanol–water partition coefficient (Wildman–Crippen LogP) is 1.78. The number of hydrogen-bond donors (Lipinski definition) is 2. The minimum Gasteiger partial charge on any atom is -0.378 e. The molecule has 3 aliphatic rings. The summed E-state index contributed by atoms with van der Waals surface area (Å²) in [6, 6.07) is 4.96. The third-order valence-corrected chi connectivity index (χ3v) is 7.41. The Morgan fingerprint density at radius 2 is 1.82 bits per heavy atom. The summed E-state index contributed by atoms with van der Waals surface area (Å²) in [5, 5.41) is 6.10. The Labute approximate surface area is 201 Å². The molecule has 0 spiro atoms. The molecule has 34 heavy (non-hydrogen) atoms. The van der Waals surface area contributed by atoms with Crippen molar-refractivity contribution in [2.75, 3.05) is 25.5 Å². The molecule has 0 aromatic heterocycles. The molecule has 184 valence electrons. The van der Waals surface area contributed by atoms with Gasteiger partial charge in [0, 0.05) is 37.3 Å². The highest BCUT2D eigenvalue weighted by atomic mass is 16.2. The Bertz CT molecular complexity index is 954. The fourth-order valence-electron chi connectivity index (χ4n) is 5.32. The van der Waals surface area contributed by atoms with E-state index in [0.717, 1.165) is 24.9 Å². The van der Waals surface area contributed by atoms with Gasteiger partial charge in [-0.3, -0.25) is 19.2 Å². The normalized spacial score (nSPS) is 25.1. The summed E-state index contributed by atoms with van der Waals surface area (Å²) in [4.78, 5) is 56.4. The summed E-state index contributed by atoms with van der Waals surface area (Å²) in [5.74, 6) is -0.537. The number of benzene rings is 1. The number of fused-ring (bicyclic) bond motifs is 1. The zero-order valence-corrected chi connectivity index (χ0v) is 20.5. The topological polar surface area (TPSA) is 98.8 Å². The van der Waals surface area contributed by atoms with Gasteiger partial charge in [-0.25, -0.2) is 0 Å². The van der Waals surface area contributed by atoms with Gasteiger partial charge in [0.05, 0.1) is 12.6 Å². The lowest BCUT2D eigenvalue weighted by molar-refractivity contribution is -0.146. The van der Waals surface area contributed by atoms with E-state index in [2.05, 4.69) is 10.6 Å². The third kappa shape index (κ3) is 4.73. The molecule has 0 radical (unpaired) electrons. The molecule has 2 N–H and O–H groups in total. The molecular weight excluding hydrogens is 432 g/mol. The van der Waals surface area contributed by atoms with Crippen molar-refractivity contribution in [2.45, 2.75) is 70.1 Å². The zero-order valence-electron chi connectivity index (χ0n) is 20.5. The van der Waals surface area contributed by atoms with Crippen LogP contribution in [-0.2, 0) is 14.4 Å². The summed E-state index contributed by atoms with van der Waals surface area (Å²) in [7, 11) is 3.85. The van der Waals surface area contributed by atoms with Gasteiger partial charge in [-0.15, -0.1) is 0 Å². The van der Waals surface area contributed by atoms with E-state index >= 15 is 0 Å². The molecule has 4 atom stereocenters. The predicted molar refractivity (Wildman–Crippen MR) is 130 cm³/mol. The molecule has 8 nitrogen and oxygen atoms in total. The van der Waals surface area contributed by atoms with E-state index < -0.39 is 18.1 Å². The second-order valence-corrected chi connectivity index (χ2v) is 10.5. The first-order chi connectivity index (χ1) is 16.2. The average Bonchev–Trinajstić information content (AvgIpc) is 3.31. The summed E-state index contributed by atoms with van der Waals surface area (Å²) in [6.07, 6.45) is 3.62. The van der Waals surface area contributed by atoms with Crippen LogP contribution in [0, 0.1) is 11.8 Å².